The highest BCUT2D eigenvalue weighted by molar-refractivity contribution is 5.95. The smallest absolute Gasteiger partial charge is 0.254 e. The zero-order valence-corrected chi connectivity index (χ0v) is 14.5. The first kappa shape index (κ1) is 17.4. The zero-order chi connectivity index (χ0) is 16.9. The first-order valence-electron chi connectivity index (χ1n) is 9.20. The van der Waals surface area contributed by atoms with Crippen LogP contribution < -0.4 is 5.32 Å². The number of aliphatic hydroxyl groups excluding tert-OH is 1. The Kier molecular flexibility index (Phi) is 5.89. The molecular formula is C18H29N3O3. The molecule has 1 aromatic heterocycles. The van der Waals surface area contributed by atoms with Crippen LogP contribution in [0.1, 0.15) is 60.6 Å². The summed E-state index contributed by atoms with van der Waals surface area (Å²) in [6.45, 7) is 4.46. The van der Waals surface area contributed by atoms with E-state index in [-0.39, 0.29) is 12.5 Å². The topological polar surface area (TPSA) is 76.4 Å². The average Bonchev–Trinajstić information content (AvgIpc) is 3.02. The van der Waals surface area contributed by atoms with Crippen molar-refractivity contribution in [2.24, 2.45) is 11.8 Å². The van der Waals surface area contributed by atoms with E-state index in [0.29, 0.717) is 30.0 Å². The molecule has 134 valence electrons. The van der Waals surface area contributed by atoms with Gasteiger partial charge in [0.05, 0.1) is 17.8 Å². The van der Waals surface area contributed by atoms with E-state index >= 15 is 0 Å². The molecule has 2 aliphatic rings. The highest BCUT2D eigenvalue weighted by Gasteiger charge is 2.24. The van der Waals surface area contributed by atoms with Crippen molar-refractivity contribution in [2.45, 2.75) is 51.5 Å². The van der Waals surface area contributed by atoms with E-state index in [1.165, 1.54) is 0 Å². The highest BCUT2D eigenvalue weighted by Crippen LogP contribution is 2.28. The molecule has 0 bridgehead atoms. The minimum Gasteiger partial charge on any atom is -0.396 e. The lowest BCUT2D eigenvalue weighted by atomic mass is 9.82. The summed E-state index contributed by atoms with van der Waals surface area (Å²) in [5.41, 5.74) is 1.62. The van der Waals surface area contributed by atoms with Crippen LogP contribution in [0.4, 0.5) is 0 Å². The highest BCUT2D eigenvalue weighted by atomic mass is 16.5. The van der Waals surface area contributed by atoms with Gasteiger partial charge in [0, 0.05) is 32.1 Å². The van der Waals surface area contributed by atoms with Gasteiger partial charge >= 0.3 is 0 Å². The number of rotatable bonds is 5. The van der Waals surface area contributed by atoms with E-state index in [1.807, 2.05) is 11.6 Å². The monoisotopic (exact) mass is 335 g/mol. The Bertz CT molecular complexity index is 552. The molecule has 24 heavy (non-hydrogen) atoms. The van der Waals surface area contributed by atoms with Gasteiger partial charge in [-0.15, -0.1) is 0 Å². The molecule has 0 aromatic carbocycles. The number of carbonyl (C=O) groups excluding carboxylic acids is 1. The van der Waals surface area contributed by atoms with Crippen LogP contribution >= 0.6 is 0 Å². The van der Waals surface area contributed by atoms with Crippen molar-refractivity contribution < 1.29 is 14.6 Å². The van der Waals surface area contributed by atoms with E-state index in [9.17, 15) is 9.90 Å². The molecule has 2 N–H and O–H groups in total. The Labute approximate surface area is 143 Å². The zero-order valence-electron chi connectivity index (χ0n) is 14.5. The summed E-state index contributed by atoms with van der Waals surface area (Å²) in [6, 6.07) is 0.337. The van der Waals surface area contributed by atoms with E-state index in [0.717, 1.165) is 57.4 Å². The normalized spacial score (nSPS) is 25.6. The molecule has 0 unspecified atom stereocenters. The van der Waals surface area contributed by atoms with Crippen LogP contribution in [0.2, 0.25) is 0 Å². The van der Waals surface area contributed by atoms with Crippen LogP contribution in [0.3, 0.4) is 0 Å². The fourth-order valence-electron chi connectivity index (χ4n) is 4.03. The second-order valence-corrected chi connectivity index (χ2v) is 7.22. The van der Waals surface area contributed by atoms with Crippen molar-refractivity contribution in [1.29, 1.82) is 0 Å². The van der Waals surface area contributed by atoms with Crippen molar-refractivity contribution in [1.82, 2.24) is 15.1 Å². The van der Waals surface area contributed by atoms with Gasteiger partial charge in [0.2, 0.25) is 0 Å². The van der Waals surface area contributed by atoms with Crippen LogP contribution in [0.15, 0.2) is 6.20 Å². The second kappa shape index (κ2) is 8.12. The van der Waals surface area contributed by atoms with Crippen LogP contribution in [0, 0.1) is 18.8 Å². The number of hydrogen-bond acceptors (Lipinski definition) is 4. The van der Waals surface area contributed by atoms with Crippen molar-refractivity contribution in [3.8, 4) is 0 Å². The summed E-state index contributed by atoms with van der Waals surface area (Å²) >= 11 is 0. The minimum atomic E-state index is -0.0306. The fourth-order valence-corrected chi connectivity index (χ4v) is 4.03. The maximum Gasteiger partial charge on any atom is 0.254 e. The van der Waals surface area contributed by atoms with E-state index in [1.54, 1.807) is 6.20 Å². The molecule has 0 radical (unpaired) electrons. The molecule has 6 heteroatoms. The fraction of sp³-hybridized carbons (Fsp3) is 0.778. The third kappa shape index (κ3) is 3.98. The van der Waals surface area contributed by atoms with Gasteiger partial charge in [0.1, 0.15) is 0 Å². The van der Waals surface area contributed by atoms with Crippen LogP contribution in [-0.4, -0.2) is 47.2 Å². The quantitative estimate of drug-likeness (QED) is 0.864. The number of nitrogens with one attached hydrogen (secondary N) is 1. The Morgan fingerprint density at radius 1 is 1.33 bits per heavy atom. The molecule has 1 aliphatic heterocycles. The summed E-state index contributed by atoms with van der Waals surface area (Å²) in [5, 5.41) is 16.8. The van der Waals surface area contributed by atoms with Gasteiger partial charge in [-0.05, 0) is 50.9 Å². The average molecular weight is 335 g/mol. The van der Waals surface area contributed by atoms with Gasteiger partial charge in [-0.1, -0.05) is 6.42 Å². The number of carbonyl (C=O) groups is 1. The van der Waals surface area contributed by atoms with Crippen LogP contribution in [0.5, 0.6) is 0 Å². The van der Waals surface area contributed by atoms with Gasteiger partial charge in [-0.25, -0.2) is 0 Å². The molecule has 3 rings (SSSR count). The van der Waals surface area contributed by atoms with Crippen molar-refractivity contribution in [2.75, 3.05) is 26.4 Å². The molecule has 2 fully saturated rings. The minimum absolute atomic E-state index is 0.0306. The molecule has 2 atom stereocenters. The predicted octanol–water partition coefficient (Wildman–Crippen LogP) is 2.07. The number of ether oxygens (including phenoxy) is 1. The molecule has 1 saturated heterocycles. The Morgan fingerprint density at radius 2 is 2.08 bits per heavy atom. The lowest BCUT2D eigenvalue weighted by molar-refractivity contribution is 0.0656. The Morgan fingerprint density at radius 3 is 2.83 bits per heavy atom. The SMILES string of the molecule is Cc1c(C(=O)NC[C@H]2CCC[C@@H](CO)C2)cnn1C1CCOCC1. The van der Waals surface area contributed by atoms with E-state index < -0.39 is 0 Å². The third-order valence-corrected chi connectivity index (χ3v) is 5.53. The molecule has 1 aliphatic carbocycles. The summed E-state index contributed by atoms with van der Waals surface area (Å²) in [5.74, 6) is 0.848. The van der Waals surface area contributed by atoms with Crippen molar-refractivity contribution in [3.63, 3.8) is 0 Å². The number of amides is 1. The van der Waals surface area contributed by atoms with Crippen LogP contribution in [-0.2, 0) is 4.74 Å². The van der Waals surface area contributed by atoms with Gasteiger partial charge in [-0.3, -0.25) is 9.48 Å². The maximum absolute atomic E-state index is 12.5. The molecule has 1 aromatic rings. The first-order chi connectivity index (χ1) is 11.7. The van der Waals surface area contributed by atoms with Crippen molar-refractivity contribution in [3.05, 3.63) is 17.5 Å². The molecule has 0 spiro atoms. The summed E-state index contributed by atoms with van der Waals surface area (Å²) in [6.07, 6.45) is 8.00. The maximum atomic E-state index is 12.5. The third-order valence-electron chi connectivity index (χ3n) is 5.53. The van der Waals surface area contributed by atoms with E-state index in [2.05, 4.69) is 10.4 Å². The van der Waals surface area contributed by atoms with E-state index in [4.69, 9.17) is 4.74 Å². The summed E-state index contributed by atoms with van der Waals surface area (Å²) in [4.78, 5) is 12.5. The molecular weight excluding hydrogens is 306 g/mol. The molecule has 2 heterocycles. The van der Waals surface area contributed by atoms with Gasteiger partial charge in [0.15, 0.2) is 0 Å². The number of hydrogen-bond donors (Lipinski definition) is 2. The van der Waals surface area contributed by atoms with Gasteiger partial charge in [-0.2, -0.15) is 5.10 Å². The molecule has 1 amide bonds. The van der Waals surface area contributed by atoms with Gasteiger partial charge < -0.3 is 15.2 Å². The summed E-state index contributed by atoms with van der Waals surface area (Å²) in [7, 11) is 0. The number of aliphatic hydroxyl groups is 1. The van der Waals surface area contributed by atoms with Crippen LogP contribution in [0.25, 0.3) is 0 Å². The van der Waals surface area contributed by atoms with Gasteiger partial charge in [0.25, 0.3) is 5.91 Å². The molecule has 1 saturated carbocycles. The largest absolute Gasteiger partial charge is 0.396 e. The predicted molar refractivity (Wildman–Crippen MR) is 90.9 cm³/mol. The Balaban J connectivity index is 1.56. The second-order valence-electron chi connectivity index (χ2n) is 7.22. The number of nitrogens with zero attached hydrogens (tertiary/aromatic N) is 2. The first-order valence-corrected chi connectivity index (χ1v) is 9.20. The number of aromatic nitrogens is 2. The standard InChI is InChI=1S/C18H29N3O3/c1-13-17(11-20-21(13)16-5-7-24-8-6-16)18(23)19-10-14-3-2-4-15(9-14)12-22/h11,14-16,22H,2-10,12H2,1H3,(H,19,23)/t14-,15+/m0/s1. The summed E-state index contributed by atoms with van der Waals surface area (Å²) < 4.78 is 7.39. The lowest BCUT2D eigenvalue weighted by Crippen LogP contribution is -2.32. The molecule has 6 nitrogen and oxygen atoms in total. The Hall–Kier alpha value is -1.40. The van der Waals surface area contributed by atoms with Crippen molar-refractivity contribution >= 4 is 5.91 Å². The lowest BCUT2D eigenvalue weighted by Gasteiger charge is -2.28.